The zero-order valence-electron chi connectivity index (χ0n) is 8.98. The van der Waals surface area contributed by atoms with Gasteiger partial charge >= 0.3 is 5.97 Å². The molecule has 0 radical (unpaired) electrons. The highest BCUT2D eigenvalue weighted by molar-refractivity contribution is 5.84. The lowest BCUT2D eigenvalue weighted by Crippen LogP contribution is -2.28. The molecule has 4 nitrogen and oxygen atoms in total. The zero-order chi connectivity index (χ0) is 11.4. The highest BCUT2D eigenvalue weighted by Crippen LogP contribution is 2.12. The number of rotatable bonds is 4. The van der Waals surface area contributed by atoms with Crippen LogP contribution in [0.1, 0.15) is 35.6 Å². The average molecular weight is 221 g/mol. The molecule has 1 aliphatic rings. The number of allylic oxidation sites excluding steroid dienone is 1. The van der Waals surface area contributed by atoms with Crippen LogP contribution in [0.5, 0.6) is 0 Å². The maximum atomic E-state index is 10.6. The van der Waals surface area contributed by atoms with Crippen molar-refractivity contribution in [1.29, 1.82) is 0 Å². The highest BCUT2D eigenvalue weighted by atomic mass is 16.4. The van der Waals surface area contributed by atoms with E-state index in [1.165, 1.54) is 6.07 Å². The van der Waals surface area contributed by atoms with Gasteiger partial charge in [-0.2, -0.15) is 0 Å². The summed E-state index contributed by atoms with van der Waals surface area (Å²) in [7, 11) is 0. The molecule has 4 heteroatoms. The lowest BCUT2D eigenvalue weighted by molar-refractivity contribution is 0.0660. The molecule has 0 aliphatic heterocycles. The summed E-state index contributed by atoms with van der Waals surface area (Å²) in [4.78, 5) is 10.6. The number of aromatic carboxylic acids is 1. The fourth-order valence-corrected chi connectivity index (χ4v) is 1.81. The normalized spacial score (nSPS) is 19.9. The topological polar surface area (TPSA) is 62.5 Å². The number of nitrogens with one attached hydrogen (secondary N) is 1. The van der Waals surface area contributed by atoms with E-state index in [9.17, 15) is 4.79 Å². The summed E-state index contributed by atoms with van der Waals surface area (Å²) in [5.41, 5.74) is 0. The second-order valence-electron chi connectivity index (χ2n) is 3.93. The van der Waals surface area contributed by atoms with Crippen LogP contribution in [0.15, 0.2) is 28.7 Å². The Morgan fingerprint density at radius 2 is 2.38 bits per heavy atom. The molecule has 0 fully saturated rings. The van der Waals surface area contributed by atoms with Gasteiger partial charge in [-0.25, -0.2) is 4.79 Å². The summed E-state index contributed by atoms with van der Waals surface area (Å²) in [6.07, 6.45) is 7.63. The monoisotopic (exact) mass is 221 g/mol. The van der Waals surface area contributed by atoms with E-state index in [-0.39, 0.29) is 5.76 Å². The smallest absolute Gasteiger partial charge is 0.371 e. The minimum absolute atomic E-state index is 0.000315. The molecule has 0 bridgehead atoms. The summed E-state index contributed by atoms with van der Waals surface area (Å²) in [5.74, 6) is -0.348. The molecule has 0 spiro atoms. The standard InChI is InChI=1S/C12H15NO3/c14-12(15)11-7-6-10(16-11)8-13-9-4-2-1-3-5-9/h1-2,6-7,9,13H,3-5,8H2,(H,14,15). The molecule has 2 N–H and O–H groups in total. The summed E-state index contributed by atoms with van der Waals surface area (Å²) < 4.78 is 5.16. The van der Waals surface area contributed by atoms with Crippen molar-refractivity contribution in [2.24, 2.45) is 0 Å². The van der Waals surface area contributed by atoms with E-state index < -0.39 is 5.97 Å². The molecule has 1 aliphatic carbocycles. The van der Waals surface area contributed by atoms with Gasteiger partial charge < -0.3 is 14.8 Å². The molecule has 0 saturated heterocycles. The summed E-state index contributed by atoms with van der Waals surface area (Å²) in [6.45, 7) is 0.589. The van der Waals surface area contributed by atoms with Crippen molar-refractivity contribution in [3.63, 3.8) is 0 Å². The van der Waals surface area contributed by atoms with Crippen LogP contribution in [0.25, 0.3) is 0 Å². The molecule has 0 saturated carbocycles. The van der Waals surface area contributed by atoms with Crippen LogP contribution in [-0.2, 0) is 6.54 Å². The predicted molar refractivity (Wildman–Crippen MR) is 59.3 cm³/mol. The molecular formula is C12H15NO3. The molecule has 1 atom stereocenters. The van der Waals surface area contributed by atoms with Gasteiger partial charge in [0, 0.05) is 6.04 Å². The van der Waals surface area contributed by atoms with Crippen molar-refractivity contribution in [3.05, 3.63) is 35.8 Å². The number of carbonyl (C=O) groups is 1. The van der Waals surface area contributed by atoms with Gasteiger partial charge in [-0.15, -0.1) is 0 Å². The third kappa shape index (κ3) is 2.73. The van der Waals surface area contributed by atoms with Crippen molar-refractivity contribution in [2.75, 3.05) is 0 Å². The molecule has 0 aromatic carbocycles. The Hall–Kier alpha value is -1.55. The Kier molecular flexibility index (Phi) is 3.41. The van der Waals surface area contributed by atoms with Crippen molar-refractivity contribution in [3.8, 4) is 0 Å². The number of carboxylic acids is 1. The Morgan fingerprint density at radius 1 is 1.50 bits per heavy atom. The molecule has 1 heterocycles. The van der Waals surface area contributed by atoms with Crippen molar-refractivity contribution in [2.45, 2.75) is 31.8 Å². The largest absolute Gasteiger partial charge is 0.475 e. The summed E-state index contributed by atoms with van der Waals surface area (Å²) in [6, 6.07) is 3.67. The first-order valence-electron chi connectivity index (χ1n) is 5.46. The van der Waals surface area contributed by atoms with Gasteiger partial charge in [0.25, 0.3) is 0 Å². The second-order valence-corrected chi connectivity index (χ2v) is 3.93. The molecule has 1 aromatic heterocycles. The van der Waals surface area contributed by atoms with Crippen LogP contribution >= 0.6 is 0 Å². The van der Waals surface area contributed by atoms with E-state index in [0.717, 1.165) is 19.3 Å². The molecule has 2 rings (SSSR count). The van der Waals surface area contributed by atoms with Crippen LogP contribution in [0, 0.1) is 0 Å². The third-order valence-electron chi connectivity index (χ3n) is 2.71. The quantitative estimate of drug-likeness (QED) is 0.765. The van der Waals surface area contributed by atoms with E-state index >= 15 is 0 Å². The van der Waals surface area contributed by atoms with Gasteiger partial charge in [0.15, 0.2) is 0 Å². The average Bonchev–Trinajstić information content (AvgIpc) is 2.76. The Bertz CT molecular complexity index is 395. The van der Waals surface area contributed by atoms with Crippen molar-refractivity contribution < 1.29 is 14.3 Å². The third-order valence-corrected chi connectivity index (χ3v) is 2.71. The fraction of sp³-hybridized carbons (Fsp3) is 0.417. The van der Waals surface area contributed by atoms with Crippen molar-refractivity contribution >= 4 is 5.97 Å². The summed E-state index contributed by atoms with van der Waals surface area (Å²) in [5, 5.41) is 12.0. The molecule has 0 amide bonds. The Labute approximate surface area is 94.0 Å². The minimum Gasteiger partial charge on any atom is -0.475 e. The first-order valence-corrected chi connectivity index (χ1v) is 5.46. The number of carboxylic acid groups (broad SMARTS) is 1. The molecule has 1 aromatic rings. The second kappa shape index (κ2) is 4.99. The first kappa shape index (κ1) is 11.0. The van der Waals surface area contributed by atoms with E-state index in [4.69, 9.17) is 9.52 Å². The zero-order valence-corrected chi connectivity index (χ0v) is 8.98. The molecule has 16 heavy (non-hydrogen) atoms. The lowest BCUT2D eigenvalue weighted by Gasteiger charge is -2.18. The van der Waals surface area contributed by atoms with Crippen LogP contribution in [0.2, 0.25) is 0 Å². The van der Waals surface area contributed by atoms with E-state index in [1.54, 1.807) is 6.07 Å². The van der Waals surface area contributed by atoms with E-state index in [0.29, 0.717) is 18.3 Å². The maximum Gasteiger partial charge on any atom is 0.371 e. The van der Waals surface area contributed by atoms with Crippen LogP contribution in [0.4, 0.5) is 0 Å². The highest BCUT2D eigenvalue weighted by Gasteiger charge is 2.12. The number of hydrogen-bond donors (Lipinski definition) is 2. The first-order chi connectivity index (χ1) is 7.75. The molecule has 1 unspecified atom stereocenters. The fourth-order valence-electron chi connectivity index (χ4n) is 1.81. The van der Waals surface area contributed by atoms with Crippen LogP contribution in [-0.4, -0.2) is 17.1 Å². The van der Waals surface area contributed by atoms with E-state index in [1.807, 2.05) is 0 Å². The number of furan rings is 1. The lowest BCUT2D eigenvalue weighted by atomic mass is 10.0. The maximum absolute atomic E-state index is 10.6. The van der Waals surface area contributed by atoms with Gasteiger partial charge in [-0.1, -0.05) is 12.2 Å². The Morgan fingerprint density at radius 3 is 3.00 bits per heavy atom. The van der Waals surface area contributed by atoms with Gasteiger partial charge in [-0.05, 0) is 31.4 Å². The van der Waals surface area contributed by atoms with Crippen LogP contribution < -0.4 is 5.32 Å². The predicted octanol–water partition coefficient (Wildman–Crippen LogP) is 2.18. The molecule has 86 valence electrons. The van der Waals surface area contributed by atoms with Crippen molar-refractivity contribution in [1.82, 2.24) is 5.32 Å². The SMILES string of the molecule is O=C(O)c1ccc(CNC2CC=CCC2)o1. The number of hydrogen-bond acceptors (Lipinski definition) is 3. The summed E-state index contributed by atoms with van der Waals surface area (Å²) >= 11 is 0. The van der Waals surface area contributed by atoms with E-state index in [2.05, 4.69) is 17.5 Å². The minimum atomic E-state index is -1.02. The van der Waals surface area contributed by atoms with Gasteiger partial charge in [0.1, 0.15) is 5.76 Å². The van der Waals surface area contributed by atoms with Gasteiger partial charge in [-0.3, -0.25) is 0 Å². The van der Waals surface area contributed by atoms with Gasteiger partial charge in [0.2, 0.25) is 5.76 Å². The Balaban J connectivity index is 1.84. The van der Waals surface area contributed by atoms with Gasteiger partial charge in [0.05, 0.1) is 6.54 Å². The molecular weight excluding hydrogens is 206 g/mol. The van der Waals surface area contributed by atoms with Crippen LogP contribution in [0.3, 0.4) is 0 Å².